The minimum absolute atomic E-state index is 0.488. The molecule has 0 amide bonds. The van der Waals surface area contributed by atoms with E-state index in [1.807, 2.05) is 0 Å². The molecule has 2 fully saturated rings. The summed E-state index contributed by atoms with van der Waals surface area (Å²) in [7, 11) is 0. The van der Waals surface area contributed by atoms with Crippen molar-refractivity contribution in [2.24, 2.45) is 23.2 Å². The number of hydrogen-bond acceptors (Lipinski definition) is 1. The summed E-state index contributed by atoms with van der Waals surface area (Å²) in [5, 5.41) is 0. The highest BCUT2D eigenvalue weighted by molar-refractivity contribution is 4.87. The van der Waals surface area contributed by atoms with E-state index in [2.05, 4.69) is 32.6 Å². The quantitative estimate of drug-likeness (QED) is 0.674. The monoisotopic (exact) mass is 209 g/mol. The molecule has 0 bridgehead atoms. The van der Waals surface area contributed by atoms with Crippen molar-refractivity contribution < 1.29 is 0 Å². The van der Waals surface area contributed by atoms with Gasteiger partial charge in [-0.15, -0.1) is 0 Å². The van der Waals surface area contributed by atoms with Gasteiger partial charge in [0.05, 0.1) is 0 Å². The van der Waals surface area contributed by atoms with E-state index in [1.54, 1.807) is 0 Å². The van der Waals surface area contributed by atoms with Crippen LogP contribution in [0.2, 0.25) is 0 Å². The van der Waals surface area contributed by atoms with Crippen LogP contribution in [0.5, 0.6) is 0 Å². The highest BCUT2D eigenvalue weighted by atomic mass is 15.1. The van der Waals surface area contributed by atoms with Crippen LogP contribution >= 0.6 is 0 Å². The van der Waals surface area contributed by atoms with E-state index < -0.39 is 0 Å². The Bertz CT molecular complexity index is 212. The SMILES string of the molecule is C[C@H]1CCN(CC2CC2)C[C@@H]1C(C)(C)C. The Morgan fingerprint density at radius 3 is 2.33 bits per heavy atom. The molecule has 1 aliphatic heterocycles. The van der Waals surface area contributed by atoms with Gasteiger partial charge in [0, 0.05) is 13.1 Å². The van der Waals surface area contributed by atoms with Crippen molar-refractivity contribution in [3.63, 3.8) is 0 Å². The second kappa shape index (κ2) is 4.08. The van der Waals surface area contributed by atoms with Crippen LogP contribution in [0.25, 0.3) is 0 Å². The van der Waals surface area contributed by atoms with Gasteiger partial charge in [-0.2, -0.15) is 0 Å². The maximum atomic E-state index is 2.73. The summed E-state index contributed by atoms with van der Waals surface area (Å²) in [5.41, 5.74) is 0.488. The topological polar surface area (TPSA) is 3.24 Å². The molecule has 2 aliphatic rings. The Balaban J connectivity index is 1.91. The average molecular weight is 209 g/mol. The van der Waals surface area contributed by atoms with Gasteiger partial charge in [-0.1, -0.05) is 27.7 Å². The Morgan fingerprint density at radius 2 is 1.80 bits per heavy atom. The molecule has 0 aromatic rings. The van der Waals surface area contributed by atoms with Crippen molar-refractivity contribution in [2.45, 2.75) is 47.0 Å². The van der Waals surface area contributed by atoms with Gasteiger partial charge in [0.1, 0.15) is 0 Å². The number of nitrogens with zero attached hydrogens (tertiary/aromatic N) is 1. The zero-order valence-corrected chi connectivity index (χ0v) is 10.9. The summed E-state index contributed by atoms with van der Waals surface area (Å²) < 4.78 is 0. The molecular weight excluding hydrogens is 182 g/mol. The molecule has 1 saturated heterocycles. The van der Waals surface area contributed by atoms with Crippen LogP contribution in [-0.2, 0) is 0 Å². The molecular formula is C14H27N. The van der Waals surface area contributed by atoms with Gasteiger partial charge in [0.25, 0.3) is 0 Å². The molecule has 0 aromatic carbocycles. The lowest BCUT2D eigenvalue weighted by Crippen LogP contribution is -2.45. The van der Waals surface area contributed by atoms with E-state index in [4.69, 9.17) is 0 Å². The van der Waals surface area contributed by atoms with E-state index in [0.717, 1.165) is 17.8 Å². The second-order valence-corrected chi connectivity index (χ2v) is 6.94. The Labute approximate surface area is 95.2 Å². The van der Waals surface area contributed by atoms with Crippen LogP contribution in [0.3, 0.4) is 0 Å². The lowest BCUT2D eigenvalue weighted by molar-refractivity contribution is 0.0517. The molecule has 0 spiro atoms. The molecule has 0 unspecified atom stereocenters. The fourth-order valence-corrected chi connectivity index (χ4v) is 3.10. The van der Waals surface area contributed by atoms with Gasteiger partial charge < -0.3 is 4.90 Å². The summed E-state index contributed by atoms with van der Waals surface area (Å²) in [5.74, 6) is 2.87. The maximum Gasteiger partial charge on any atom is 0.00173 e. The Kier molecular flexibility index (Phi) is 3.12. The molecule has 2 rings (SSSR count). The summed E-state index contributed by atoms with van der Waals surface area (Å²) in [6.07, 6.45) is 4.40. The molecule has 0 aromatic heterocycles. The van der Waals surface area contributed by atoms with Gasteiger partial charge in [0.2, 0.25) is 0 Å². The lowest BCUT2D eigenvalue weighted by atomic mass is 9.71. The number of piperidine rings is 1. The molecule has 1 heterocycles. The third kappa shape index (κ3) is 2.96. The van der Waals surface area contributed by atoms with Crippen molar-refractivity contribution in [2.75, 3.05) is 19.6 Å². The van der Waals surface area contributed by atoms with Crippen LogP contribution in [0.4, 0.5) is 0 Å². The van der Waals surface area contributed by atoms with E-state index in [0.29, 0.717) is 5.41 Å². The van der Waals surface area contributed by atoms with E-state index in [9.17, 15) is 0 Å². The summed E-state index contributed by atoms with van der Waals surface area (Å²) in [6, 6.07) is 0. The molecule has 2 atom stereocenters. The van der Waals surface area contributed by atoms with Crippen LogP contribution in [-0.4, -0.2) is 24.5 Å². The Hall–Kier alpha value is -0.0400. The van der Waals surface area contributed by atoms with Gasteiger partial charge in [-0.3, -0.25) is 0 Å². The molecule has 1 nitrogen and oxygen atoms in total. The van der Waals surface area contributed by atoms with Crippen LogP contribution < -0.4 is 0 Å². The highest BCUT2D eigenvalue weighted by Gasteiger charge is 2.36. The standard InChI is InChI=1S/C14H27N/c1-11-7-8-15(9-12-5-6-12)10-13(11)14(2,3)4/h11-13H,5-10H2,1-4H3/t11-,13-/m0/s1. The van der Waals surface area contributed by atoms with Crippen molar-refractivity contribution in [3.05, 3.63) is 0 Å². The first-order valence-corrected chi connectivity index (χ1v) is 6.69. The maximum absolute atomic E-state index is 2.73. The van der Waals surface area contributed by atoms with E-state index in [-0.39, 0.29) is 0 Å². The number of hydrogen-bond donors (Lipinski definition) is 0. The van der Waals surface area contributed by atoms with Crippen molar-refractivity contribution in [1.82, 2.24) is 4.90 Å². The van der Waals surface area contributed by atoms with Gasteiger partial charge in [0.15, 0.2) is 0 Å². The Morgan fingerprint density at radius 1 is 1.13 bits per heavy atom. The fourth-order valence-electron chi connectivity index (χ4n) is 3.10. The van der Waals surface area contributed by atoms with Gasteiger partial charge in [-0.05, 0) is 49.0 Å². The first-order chi connectivity index (χ1) is 6.97. The zero-order valence-electron chi connectivity index (χ0n) is 10.9. The predicted octanol–water partition coefficient (Wildman–Crippen LogP) is 3.40. The minimum Gasteiger partial charge on any atom is -0.303 e. The fraction of sp³-hybridized carbons (Fsp3) is 1.00. The molecule has 88 valence electrons. The van der Waals surface area contributed by atoms with E-state index >= 15 is 0 Å². The summed E-state index contributed by atoms with van der Waals surface area (Å²) in [4.78, 5) is 2.73. The number of rotatable bonds is 2. The first kappa shape index (κ1) is 11.4. The van der Waals surface area contributed by atoms with Crippen molar-refractivity contribution >= 4 is 0 Å². The predicted molar refractivity (Wildman–Crippen MR) is 65.9 cm³/mol. The summed E-state index contributed by atoms with van der Waals surface area (Å²) in [6.45, 7) is 13.8. The molecule has 1 saturated carbocycles. The number of likely N-dealkylation sites (tertiary alicyclic amines) is 1. The van der Waals surface area contributed by atoms with Crippen LogP contribution in [0.1, 0.15) is 47.0 Å². The van der Waals surface area contributed by atoms with Crippen molar-refractivity contribution in [3.8, 4) is 0 Å². The van der Waals surface area contributed by atoms with E-state index in [1.165, 1.54) is 38.9 Å². The van der Waals surface area contributed by atoms with Crippen LogP contribution in [0, 0.1) is 23.2 Å². The van der Waals surface area contributed by atoms with Gasteiger partial charge in [-0.25, -0.2) is 0 Å². The molecule has 0 radical (unpaired) electrons. The van der Waals surface area contributed by atoms with Gasteiger partial charge >= 0.3 is 0 Å². The normalized spacial score (nSPS) is 34.4. The molecule has 1 heteroatoms. The third-order valence-corrected chi connectivity index (χ3v) is 4.37. The average Bonchev–Trinajstić information content (AvgIpc) is 2.90. The highest BCUT2D eigenvalue weighted by Crippen LogP contribution is 2.38. The van der Waals surface area contributed by atoms with Crippen molar-refractivity contribution in [1.29, 1.82) is 0 Å². The lowest BCUT2D eigenvalue weighted by Gasteiger charge is -2.44. The molecule has 1 aliphatic carbocycles. The third-order valence-electron chi connectivity index (χ3n) is 4.37. The minimum atomic E-state index is 0.488. The largest absolute Gasteiger partial charge is 0.303 e. The van der Waals surface area contributed by atoms with Crippen LogP contribution in [0.15, 0.2) is 0 Å². The second-order valence-electron chi connectivity index (χ2n) is 6.94. The zero-order chi connectivity index (χ0) is 11.1. The molecule has 0 N–H and O–H groups in total. The summed E-state index contributed by atoms with van der Waals surface area (Å²) >= 11 is 0. The first-order valence-electron chi connectivity index (χ1n) is 6.69. The molecule has 15 heavy (non-hydrogen) atoms. The smallest absolute Gasteiger partial charge is 0.00173 e.